The maximum absolute atomic E-state index is 14.8. The molecule has 0 bridgehead atoms. The van der Waals surface area contributed by atoms with E-state index < -0.39 is 132 Å². The van der Waals surface area contributed by atoms with Crippen molar-refractivity contribution in [2.24, 2.45) is 33.8 Å². The molecule has 1 aliphatic heterocycles. The van der Waals surface area contributed by atoms with Gasteiger partial charge in [-0.3, -0.25) is 62.7 Å². The van der Waals surface area contributed by atoms with Crippen LogP contribution in [0, 0.1) is 5.92 Å². The normalized spacial score (nSPS) is 15.4. The van der Waals surface area contributed by atoms with Gasteiger partial charge in [-0.05, 0) is 134 Å². The third-order valence-corrected chi connectivity index (χ3v) is 16.9. The molecule has 30 heteroatoms. The highest BCUT2D eigenvalue weighted by Crippen LogP contribution is 2.22. The van der Waals surface area contributed by atoms with Crippen LogP contribution < -0.4 is 70.8 Å². The number of nitrogens with one attached hydrogen (secondary N) is 9. The van der Waals surface area contributed by atoms with Crippen LogP contribution in [0.3, 0.4) is 0 Å². The number of hydrogen-bond donors (Lipinski definition) is 15. The lowest BCUT2D eigenvalue weighted by molar-refractivity contribution is -0.142. The molecule has 0 spiro atoms. The minimum atomic E-state index is -1.81. The van der Waals surface area contributed by atoms with Gasteiger partial charge in [-0.2, -0.15) is 0 Å². The van der Waals surface area contributed by atoms with Crippen molar-refractivity contribution < 1.29 is 63.0 Å². The minimum absolute atomic E-state index is 0.00724. The Bertz CT molecular complexity index is 3660. The lowest BCUT2D eigenvalue weighted by atomic mass is 9.99. The largest absolute Gasteiger partial charge is 0.508 e. The molecule has 1 aliphatic rings. The van der Waals surface area contributed by atoms with Gasteiger partial charge in [-0.25, -0.2) is 0 Å². The number of aliphatic imine (C=N–C) groups is 1. The molecule has 10 atom stereocenters. The number of aromatic nitrogens is 1. The number of fused-ring (bicyclic) bond motifs is 1. The lowest BCUT2D eigenvalue weighted by Gasteiger charge is -2.31. The molecule has 4 aromatic carbocycles. The number of aliphatic hydroxyl groups excluding tert-OH is 1. The molecule has 0 radical (unpaired) electrons. The standard InChI is InChI=1S/C70H93ClN16O13/c1-40(2)32-53(62(93)81-52(16-10-30-77-70(74)75)69(100)87-31-11-17-59(87)68(99)78-41(3)60(73)91)82-61(92)51(15-7-8-28-72)80-64(95)55(35-44-21-26-50(90)27-22-44)85-67(98)58(39-88)86-66(97)57(37-46-12-9-29-76-38-46)84-65(96)56(34-43-19-24-49(71)25-20-43)83-63(94)54(79-42(4)89)36-45-18-23-47-13-5-6-14-48(47)33-45/h5-6,9,12-14,18-27,29,33,38,40-41,51-59,88,90H,7-8,10-11,15-17,28,30-32,34-37,39,72H2,1-4H3,(H2,73,91)(H,78,99)(H,79,89)(H,80,95)(H,81,93)(H,82,92)(H,83,94)(H,84,96)(H,85,98)(H,86,97)(H4,74,75,77)/t41-,51-,52+,53+,54-,55+,56-,57-,58+,59+/m1/s1. The maximum atomic E-state index is 14.8. The Morgan fingerprint density at radius 3 is 1.63 bits per heavy atom. The van der Waals surface area contributed by atoms with Crippen molar-refractivity contribution in [2.75, 3.05) is 26.2 Å². The first-order chi connectivity index (χ1) is 47.7. The van der Waals surface area contributed by atoms with E-state index in [4.69, 9.17) is 34.5 Å². The Labute approximate surface area is 585 Å². The summed E-state index contributed by atoms with van der Waals surface area (Å²) in [7, 11) is 0. The predicted molar refractivity (Wildman–Crippen MR) is 375 cm³/mol. The van der Waals surface area contributed by atoms with Gasteiger partial charge in [0, 0.05) is 63.1 Å². The monoisotopic (exact) mass is 1400 g/mol. The number of guanidine groups is 1. The van der Waals surface area contributed by atoms with Crippen molar-refractivity contribution in [3.63, 3.8) is 0 Å². The molecular formula is C70H93ClN16O13. The fourth-order valence-corrected chi connectivity index (χ4v) is 11.5. The number of primary amides is 1. The van der Waals surface area contributed by atoms with Crippen LogP contribution in [-0.4, -0.2) is 178 Å². The highest BCUT2D eigenvalue weighted by molar-refractivity contribution is 6.30. The topological polar surface area (TPSA) is 469 Å². The molecule has 0 aliphatic carbocycles. The zero-order chi connectivity index (χ0) is 73.0. The summed E-state index contributed by atoms with van der Waals surface area (Å²) in [6.45, 7) is 5.63. The van der Waals surface area contributed by atoms with Crippen molar-refractivity contribution >= 4 is 93.3 Å². The van der Waals surface area contributed by atoms with Crippen LogP contribution in [0.2, 0.25) is 5.02 Å². The van der Waals surface area contributed by atoms with E-state index in [0.29, 0.717) is 40.1 Å². The number of phenolic OH excluding ortho intramolecular Hbond substituents is 1. The van der Waals surface area contributed by atoms with Gasteiger partial charge in [0.05, 0.1) is 6.61 Å². The Morgan fingerprint density at radius 1 is 0.570 bits per heavy atom. The smallest absolute Gasteiger partial charge is 0.245 e. The second-order valence-electron chi connectivity index (χ2n) is 25.2. The Balaban J connectivity index is 1.24. The predicted octanol–water partition coefficient (Wildman–Crippen LogP) is -0.0353. The van der Waals surface area contributed by atoms with E-state index in [9.17, 15) is 63.0 Å². The first-order valence-electron chi connectivity index (χ1n) is 33.3. The lowest BCUT2D eigenvalue weighted by Crippen LogP contribution is -2.61. The van der Waals surface area contributed by atoms with Gasteiger partial charge < -0.3 is 85.9 Å². The van der Waals surface area contributed by atoms with Crippen LogP contribution in [0.1, 0.15) is 101 Å². The number of carbonyl (C=O) groups is 11. The van der Waals surface area contributed by atoms with Crippen molar-refractivity contribution in [1.29, 1.82) is 0 Å². The number of rotatable bonds is 38. The van der Waals surface area contributed by atoms with E-state index in [1.807, 2.05) is 42.5 Å². The molecule has 5 aromatic rings. The molecule has 29 nitrogen and oxygen atoms in total. The number of amides is 11. The summed E-state index contributed by atoms with van der Waals surface area (Å²) in [6.07, 6.45) is 3.88. The highest BCUT2D eigenvalue weighted by Gasteiger charge is 2.40. The van der Waals surface area contributed by atoms with Gasteiger partial charge in [-0.1, -0.05) is 98.2 Å². The number of halogens is 1. The molecule has 1 saturated heterocycles. The molecule has 538 valence electrons. The van der Waals surface area contributed by atoms with Gasteiger partial charge in [0.1, 0.15) is 66.2 Å². The fourth-order valence-electron chi connectivity index (χ4n) is 11.4. The van der Waals surface area contributed by atoms with Gasteiger partial charge >= 0.3 is 0 Å². The molecule has 6 rings (SSSR count). The molecular weight excluding hydrogens is 1310 g/mol. The first-order valence-corrected chi connectivity index (χ1v) is 33.6. The summed E-state index contributed by atoms with van der Waals surface area (Å²) in [5.41, 5.74) is 24.5. The third-order valence-electron chi connectivity index (χ3n) is 16.7. The van der Waals surface area contributed by atoms with Crippen molar-refractivity contribution in [2.45, 2.75) is 165 Å². The number of pyridine rings is 1. The highest BCUT2D eigenvalue weighted by atomic mass is 35.5. The summed E-state index contributed by atoms with van der Waals surface area (Å²) < 4.78 is 0. The Morgan fingerprint density at radius 2 is 1.07 bits per heavy atom. The van der Waals surface area contributed by atoms with Gasteiger partial charge in [0.25, 0.3) is 0 Å². The van der Waals surface area contributed by atoms with Crippen LogP contribution in [0.4, 0.5) is 0 Å². The summed E-state index contributed by atoms with van der Waals surface area (Å²) in [4.78, 5) is 164. The zero-order valence-corrected chi connectivity index (χ0v) is 57.3. The summed E-state index contributed by atoms with van der Waals surface area (Å²) >= 11 is 6.23. The molecule has 19 N–H and O–H groups in total. The first kappa shape index (κ1) is 78.7. The van der Waals surface area contributed by atoms with Crippen LogP contribution in [0.15, 0.2) is 121 Å². The second-order valence-corrected chi connectivity index (χ2v) is 25.6. The third kappa shape index (κ3) is 25.2. The minimum Gasteiger partial charge on any atom is -0.508 e. The number of aromatic hydroxyl groups is 1. The van der Waals surface area contributed by atoms with E-state index in [-0.39, 0.29) is 101 Å². The second kappa shape index (κ2) is 39.4. The van der Waals surface area contributed by atoms with Gasteiger partial charge in [0.2, 0.25) is 65.0 Å². The van der Waals surface area contributed by atoms with Crippen LogP contribution in [0.5, 0.6) is 5.75 Å². The van der Waals surface area contributed by atoms with Crippen LogP contribution in [-0.2, 0) is 78.4 Å². The van der Waals surface area contributed by atoms with Crippen LogP contribution in [0.25, 0.3) is 10.8 Å². The molecule has 0 saturated carbocycles. The molecule has 11 amide bonds. The van der Waals surface area contributed by atoms with Crippen molar-refractivity contribution in [1.82, 2.24) is 57.7 Å². The van der Waals surface area contributed by atoms with Crippen LogP contribution >= 0.6 is 11.6 Å². The van der Waals surface area contributed by atoms with Gasteiger partial charge in [-0.15, -0.1) is 0 Å². The molecule has 1 fully saturated rings. The Kier molecular flexibility index (Phi) is 31.0. The fraction of sp³-hybridized carbons (Fsp3) is 0.443. The van der Waals surface area contributed by atoms with E-state index in [1.54, 1.807) is 50.2 Å². The average Bonchev–Trinajstić information content (AvgIpc) is 1.58. The number of aliphatic hydroxyl groups is 1. The number of phenols is 1. The quantitative estimate of drug-likeness (QED) is 0.0140. The Hall–Kier alpha value is -10.3. The maximum Gasteiger partial charge on any atom is 0.245 e. The number of unbranched alkanes of at least 4 members (excludes halogenated alkanes) is 1. The molecule has 0 unspecified atom stereocenters. The number of nitrogens with zero attached hydrogens (tertiary/aromatic N) is 3. The number of benzene rings is 4. The molecule has 1 aromatic heterocycles. The SMILES string of the molecule is CC(=O)N[C@H](Cc1ccc2ccccc2c1)C(=O)N[C@H](Cc1ccc(Cl)cc1)C(=O)N[C@H](Cc1cccnc1)C(=O)N[C@@H](CO)C(=O)N[C@@H](Cc1ccc(O)cc1)C(=O)N[C@H](CCCCN)C(=O)N[C@@H](CC(C)C)C(=O)N[C@@H](CCCN=C(N)N)C(=O)N1CCC[C@H]1C(=O)N[C@H](C)C(N)=O. The van der Waals surface area contributed by atoms with E-state index in [1.165, 1.54) is 55.4 Å². The molecule has 2 heterocycles. The molecule has 100 heavy (non-hydrogen) atoms. The van der Waals surface area contributed by atoms with Crippen molar-refractivity contribution in [3.8, 4) is 5.75 Å². The summed E-state index contributed by atoms with van der Waals surface area (Å²) in [6, 6.07) is 15.1. The summed E-state index contributed by atoms with van der Waals surface area (Å²) in [5.74, 6) is -9.31. The number of hydrogen-bond acceptors (Lipinski definition) is 16. The number of likely N-dealkylation sites (tertiary alicyclic amines) is 1. The summed E-state index contributed by atoms with van der Waals surface area (Å²) in [5, 5.41) is 47.4. The van der Waals surface area contributed by atoms with E-state index in [2.05, 4.69) is 57.8 Å². The zero-order valence-electron chi connectivity index (χ0n) is 56.5. The van der Waals surface area contributed by atoms with E-state index in [0.717, 1.165) is 10.8 Å². The number of carbonyl (C=O) groups excluding carboxylic acids is 11. The number of nitrogens with two attached hydrogens (primary N) is 4. The average molecular weight is 1400 g/mol. The van der Waals surface area contributed by atoms with E-state index >= 15 is 0 Å². The van der Waals surface area contributed by atoms with Gasteiger partial charge in [0.15, 0.2) is 5.96 Å². The van der Waals surface area contributed by atoms with Crippen molar-refractivity contribution in [3.05, 3.63) is 143 Å².